The van der Waals surface area contributed by atoms with Crippen LogP contribution in [0.25, 0.3) is 0 Å². The van der Waals surface area contributed by atoms with Gasteiger partial charge in [-0.2, -0.15) is 0 Å². The molecule has 5 nitrogen and oxygen atoms in total. The lowest BCUT2D eigenvalue weighted by molar-refractivity contribution is -0.130. The van der Waals surface area contributed by atoms with Crippen molar-refractivity contribution in [2.24, 2.45) is 0 Å². The molecule has 5 heteroatoms. The first-order valence-electron chi connectivity index (χ1n) is 9.35. The second kappa shape index (κ2) is 8.41. The van der Waals surface area contributed by atoms with E-state index in [-0.39, 0.29) is 5.91 Å². The summed E-state index contributed by atoms with van der Waals surface area (Å²) in [6.07, 6.45) is 5.73. The Balaban J connectivity index is 1.79. The van der Waals surface area contributed by atoms with Crippen LogP contribution in [-0.4, -0.2) is 44.8 Å². The summed E-state index contributed by atoms with van der Waals surface area (Å²) in [6.45, 7) is 9.18. The Kier molecular flexibility index (Phi) is 5.99. The lowest BCUT2D eigenvalue weighted by atomic mass is 10.0. The first-order chi connectivity index (χ1) is 12.5. The van der Waals surface area contributed by atoms with Crippen molar-refractivity contribution in [3.8, 4) is 0 Å². The van der Waals surface area contributed by atoms with Crippen molar-refractivity contribution in [2.45, 2.75) is 52.7 Å². The quantitative estimate of drug-likeness (QED) is 0.830. The zero-order chi connectivity index (χ0) is 18.5. The smallest absolute Gasteiger partial charge is 0.219 e. The van der Waals surface area contributed by atoms with Gasteiger partial charge in [-0.1, -0.05) is 12.1 Å². The minimum atomic E-state index is 0.177. The highest BCUT2D eigenvalue weighted by Gasteiger charge is 2.27. The molecule has 2 aromatic rings. The molecule has 138 valence electrons. The van der Waals surface area contributed by atoms with Gasteiger partial charge in [0, 0.05) is 51.5 Å². The van der Waals surface area contributed by atoms with E-state index in [1.807, 2.05) is 29.4 Å². The first-order valence-corrected chi connectivity index (χ1v) is 9.35. The molecule has 0 radical (unpaired) electrons. The summed E-state index contributed by atoms with van der Waals surface area (Å²) in [5, 5.41) is 0. The molecular weight excluding hydrogens is 324 g/mol. The molecular formula is C21H28N4O. The van der Waals surface area contributed by atoms with Gasteiger partial charge in [-0.15, -0.1) is 0 Å². The molecule has 1 aliphatic heterocycles. The van der Waals surface area contributed by atoms with E-state index >= 15 is 0 Å². The zero-order valence-corrected chi connectivity index (χ0v) is 16.0. The van der Waals surface area contributed by atoms with Gasteiger partial charge in [0.15, 0.2) is 0 Å². The van der Waals surface area contributed by atoms with E-state index < -0.39 is 0 Å². The second-order valence-corrected chi connectivity index (χ2v) is 7.18. The number of carbonyl (C=O) groups is 1. The third-order valence-corrected chi connectivity index (χ3v) is 5.37. The van der Waals surface area contributed by atoms with E-state index in [1.165, 1.54) is 11.1 Å². The van der Waals surface area contributed by atoms with Crippen LogP contribution in [-0.2, 0) is 17.9 Å². The van der Waals surface area contributed by atoms with E-state index in [9.17, 15) is 4.79 Å². The first kappa shape index (κ1) is 18.5. The zero-order valence-electron chi connectivity index (χ0n) is 16.0. The number of piperidine rings is 1. The fourth-order valence-electron chi connectivity index (χ4n) is 3.61. The number of hydrogen-bond donors (Lipinski definition) is 0. The summed E-state index contributed by atoms with van der Waals surface area (Å²) in [4.78, 5) is 25.3. The van der Waals surface area contributed by atoms with Crippen molar-refractivity contribution in [1.29, 1.82) is 0 Å². The van der Waals surface area contributed by atoms with Crippen molar-refractivity contribution in [2.75, 3.05) is 13.1 Å². The molecule has 0 saturated carbocycles. The molecule has 0 atom stereocenters. The Morgan fingerprint density at radius 3 is 1.96 bits per heavy atom. The standard InChI is InChI=1S/C21H28N4O/c1-16-6-4-10-22-20(16)14-25(15-21-17(2)7-5-11-23-21)19-8-12-24(13-9-19)18(3)26/h4-7,10-11,19H,8-9,12-15H2,1-3H3. The average molecular weight is 352 g/mol. The Bertz CT molecular complexity index is 706. The van der Waals surface area contributed by atoms with Crippen molar-refractivity contribution >= 4 is 5.91 Å². The highest BCUT2D eigenvalue weighted by atomic mass is 16.2. The molecule has 0 bridgehead atoms. The monoisotopic (exact) mass is 352 g/mol. The molecule has 1 amide bonds. The topological polar surface area (TPSA) is 49.3 Å². The minimum absolute atomic E-state index is 0.177. The van der Waals surface area contributed by atoms with Crippen molar-refractivity contribution in [3.63, 3.8) is 0 Å². The summed E-state index contributed by atoms with van der Waals surface area (Å²) >= 11 is 0. The maximum absolute atomic E-state index is 11.6. The number of nitrogens with zero attached hydrogens (tertiary/aromatic N) is 4. The molecule has 0 aromatic carbocycles. The van der Waals surface area contributed by atoms with Gasteiger partial charge in [-0.3, -0.25) is 19.7 Å². The van der Waals surface area contributed by atoms with Crippen LogP contribution in [0, 0.1) is 13.8 Å². The normalized spacial score (nSPS) is 15.5. The SMILES string of the molecule is CC(=O)N1CCC(N(Cc2ncccc2C)Cc2ncccc2C)CC1. The predicted octanol–water partition coefficient (Wildman–Crippen LogP) is 3.11. The van der Waals surface area contributed by atoms with Crippen LogP contribution in [0.3, 0.4) is 0 Å². The Labute approximate surface area is 156 Å². The number of likely N-dealkylation sites (tertiary alicyclic amines) is 1. The van der Waals surface area contributed by atoms with E-state index in [1.54, 1.807) is 6.92 Å². The molecule has 3 heterocycles. The predicted molar refractivity (Wildman–Crippen MR) is 102 cm³/mol. The second-order valence-electron chi connectivity index (χ2n) is 7.18. The van der Waals surface area contributed by atoms with Crippen LogP contribution >= 0.6 is 0 Å². The Morgan fingerprint density at radius 1 is 1.04 bits per heavy atom. The van der Waals surface area contributed by atoms with E-state index in [0.29, 0.717) is 6.04 Å². The number of amides is 1. The number of pyridine rings is 2. The van der Waals surface area contributed by atoms with Gasteiger partial charge < -0.3 is 4.90 Å². The van der Waals surface area contributed by atoms with Gasteiger partial charge in [0.2, 0.25) is 5.91 Å². The van der Waals surface area contributed by atoms with Crippen LogP contribution in [0.2, 0.25) is 0 Å². The largest absolute Gasteiger partial charge is 0.343 e. The van der Waals surface area contributed by atoms with Gasteiger partial charge in [-0.25, -0.2) is 0 Å². The molecule has 1 saturated heterocycles. The Morgan fingerprint density at radius 2 is 1.54 bits per heavy atom. The summed E-state index contributed by atoms with van der Waals surface area (Å²) in [5.74, 6) is 0.177. The molecule has 1 fully saturated rings. The van der Waals surface area contributed by atoms with E-state index in [0.717, 1.165) is 50.4 Å². The number of hydrogen-bond acceptors (Lipinski definition) is 4. The molecule has 0 N–H and O–H groups in total. The Hall–Kier alpha value is -2.27. The van der Waals surface area contributed by atoms with E-state index in [2.05, 4.69) is 40.8 Å². The maximum atomic E-state index is 11.6. The van der Waals surface area contributed by atoms with Crippen molar-refractivity contribution in [1.82, 2.24) is 19.8 Å². The van der Waals surface area contributed by atoms with Crippen molar-refractivity contribution < 1.29 is 4.79 Å². The molecule has 2 aromatic heterocycles. The van der Waals surface area contributed by atoms with Gasteiger partial charge in [0.05, 0.1) is 11.4 Å². The van der Waals surface area contributed by atoms with Crippen LogP contribution in [0.4, 0.5) is 0 Å². The van der Waals surface area contributed by atoms with Gasteiger partial charge in [-0.05, 0) is 49.9 Å². The van der Waals surface area contributed by atoms with Crippen LogP contribution in [0.5, 0.6) is 0 Å². The lowest BCUT2D eigenvalue weighted by Crippen LogP contribution is -2.46. The lowest BCUT2D eigenvalue weighted by Gasteiger charge is -2.38. The fourth-order valence-corrected chi connectivity index (χ4v) is 3.61. The number of carbonyl (C=O) groups excluding carboxylic acids is 1. The molecule has 1 aliphatic rings. The number of aryl methyl sites for hydroxylation is 2. The third kappa shape index (κ3) is 4.47. The highest BCUT2D eigenvalue weighted by molar-refractivity contribution is 5.73. The van der Waals surface area contributed by atoms with Gasteiger partial charge in [0.25, 0.3) is 0 Å². The summed E-state index contributed by atoms with van der Waals surface area (Å²) in [5.41, 5.74) is 4.68. The minimum Gasteiger partial charge on any atom is -0.343 e. The fraction of sp³-hybridized carbons (Fsp3) is 0.476. The van der Waals surface area contributed by atoms with Crippen LogP contribution in [0.15, 0.2) is 36.7 Å². The summed E-state index contributed by atoms with van der Waals surface area (Å²) < 4.78 is 0. The van der Waals surface area contributed by atoms with E-state index in [4.69, 9.17) is 0 Å². The van der Waals surface area contributed by atoms with Crippen LogP contribution < -0.4 is 0 Å². The van der Waals surface area contributed by atoms with Crippen molar-refractivity contribution in [3.05, 3.63) is 59.2 Å². The number of rotatable bonds is 5. The summed E-state index contributed by atoms with van der Waals surface area (Å²) in [7, 11) is 0. The molecule has 0 spiro atoms. The average Bonchev–Trinajstić information content (AvgIpc) is 2.64. The molecule has 26 heavy (non-hydrogen) atoms. The van der Waals surface area contributed by atoms with Crippen LogP contribution in [0.1, 0.15) is 42.3 Å². The van der Waals surface area contributed by atoms with Gasteiger partial charge in [0.1, 0.15) is 0 Å². The highest BCUT2D eigenvalue weighted by Crippen LogP contribution is 2.22. The maximum Gasteiger partial charge on any atom is 0.219 e. The molecule has 3 rings (SSSR count). The summed E-state index contributed by atoms with van der Waals surface area (Å²) in [6, 6.07) is 8.64. The molecule has 0 unspecified atom stereocenters. The number of aromatic nitrogens is 2. The van der Waals surface area contributed by atoms with Gasteiger partial charge >= 0.3 is 0 Å². The molecule has 0 aliphatic carbocycles. The third-order valence-electron chi connectivity index (χ3n) is 5.37.